The van der Waals surface area contributed by atoms with Crippen molar-refractivity contribution in [3.63, 3.8) is 0 Å². The van der Waals surface area contributed by atoms with Gasteiger partial charge in [0.2, 0.25) is 0 Å². The van der Waals surface area contributed by atoms with Gasteiger partial charge < -0.3 is 5.32 Å². The van der Waals surface area contributed by atoms with Gasteiger partial charge in [0.1, 0.15) is 12.4 Å². The Morgan fingerprint density at radius 1 is 1.83 bits per heavy atom. The van der Waals surface area contributed by atoms with Crippen LogP contribution in [0.3, 0.4) is 0 Å². The molecule has 0 bridgehead atoms. The Morgan fingerprint density at radius 3 is 3.08 bits per heavy atom. The van der Waals surface area contributed by atoms with Crippen LogP contribution in [0.25, 0.3) is 0 Å². The topological polar surface area (TPSA) is 57.8 Å². The summed E-state index contributed by atoms with van der Waals surface area (Å²) in [5.74, 6) is -0.324. The molecule has 0 aliphatic rings. The Morgan fingerprint density at radius 2 is 2.58 bits per heavy atom. The summed E-state index contributed by atoms with van der Waals surface area (Å²) in [4.78, 5) is 11.1. The average Bonchev–Trinajstić information content (AvgIpc) is 2.47. The van der Waals surface area contributed by atoms with Crippen molar-refractivity contribution in [3.05, 3.63) is 15.5 Å². The van der Waals surface area contributed by atoms with Gasteiger partial charge in [0.25, 0.3) is 5.91 Å². The summed E-state index contributed by atoms with van der Waals surface area (Å²) in [5, 5.41) is 8.57. The zero-order valence-corrected chi connectivity index (χ0v) is 8.26. The summed E-state index contributed by atoms with van der Waals surface area (Å²) in [7, 11) is 0. The first kappa shape index (κ1) is 9.43. The van der Waals surface area contributed by atoms with Crippen LogP contribution in [0.5, 0.6) is 0 Å². The van der Waals surface area contributed by atoms with Crippen LogP contribution in [0.4, 0.5) is 4.39 Å². The van der Waals surface area contributed by atoms with Gasteiger partial charge in [-0.1, -0.05) is 0 Å². The van der Waals surface area contributed by atoms with E-state index in [0.717, 1.165) is 3.57 Å². The fourth-order valence-corrected chi connectivity index (χ4v) is 1.18. The smallest absolute Gasteiger partial charge is 0.270 e. The molecule has 1 heterocycles. The molecule has 0 spiro atoms. The molecule has 0 aromatic carbocycles. The zero-order valence-electron chi connectivity index (χ0n) is 6.10. The number of rotatable bonds is 3. The quantitative estimate of drug-likeness (QED) is 0.803. The van der Waals surface area contributed by atoms with Crippen LogP contribution in [0, 0.1) is 3.57 Å². The summed E-state index contributed by atoms with van der Waals surface area (Å²) in [6.07, 6.45) is 1.53. The third-order valence-corrected chi connectivity index (χ3v) is 2.02. The number of aromatic nitrogens is 2. The number of hydrogen-bond acceptors (Lipinski definition) is 2. The third-order valence-electron chi connectivity index (χ3n) is 1.20. The van der Waals surface area contributed by atoms with E-state index in [0.29, 0.717) is 5.69 Å². The maximum absolute atomic E-state index is 11.7. The molecule has 0 aliphatic heterocycles. The number of aromatic amines is 1. The fourth-order valence-electron chi connectivity index (χ4n) is 0.680. The molecule has 0 aliphatic carbocycles. The number of alkyl halides is 1. The monoisotopic (exact) mass is 283 g/mol. The van der Waals surface area contributed by atoms with Crippen LogP contribution < -0.4 is 5.32 Å². The minimum Gasteiger partial charge on any atom is -0.348 e. The summed E-state index contributed by atoms with van der Waals surface area (Å²) >= 11 is 1.97. The largest absolute Gasteiger partial charge is 0.348 e. The van der Waals surface area contributed by atoms with Gasteiger partial charge in [0, 0.05) is 6.54 Å². The van der Waals surface area contributed by atoms with E-state index < -0.39 is 6.67 Å². The highest BCUT2D eigenvalue weighted by Gasteiger charge is 2.10. The van der Waals surface area contributed by atoms with Crippen LogP contribution >= 0.6 is 22.6 Å². The van der Waals surface area contributed by atoms with E-state index in [1.165, 1.54) is 6.20 Å². The molecule has 1 aromatic heterocycles. The molecule has 0 unspecified atom stereocenters. The van der Waals surface area contributed by atoms with Crippen LogP contribution in [0.1, 0.15) is 10.5 Å². The van der Waals surface area contributed by atoms with Gasteiger partial charge in [0.05, 0.1) is 9.77 Å². The molecule has 0 saturated heterocycles. The lowest BCUT2D eigenvalue weighted by atomic mass is 10.4. The molecule has 0 fully saturated rings. The summed E-state index contributed by atoms with van der Waals surface area (Å²) < 4.78 is 12.4. The SMILES string of the molecule is O=C(NCCF)c1[nH]ncc1I. The Labute approximate surface area is 82.1 Å². The Kier molecular flexibility index (Phi) is 3.45. The highest BCUT2D eigenvalue weighted by Crippen LogP contribution is 2.06. The van der Waals surface area contributed by atoms with E-state index in [9.17, 15) is 9.18 Å². The number of nitrogens with one attached hydrogen (secondary N) is 2. The number of carbonyl (C=O) groups is 1. The van der Waals surface area contributed by atoms with Crippen molar-refractivity contribution >= 4 is 28.5 Å². The van der Waals surface area contributed by atoms with Crippen LogP contribution in [-0.2, 0) is 0 Å². The molecule has 1 rings (SSSR count). The normalized spacial score (nSPS) is 9.83. The van der Waals surface area contributed by atoms with Crippen molar-refractivity contribution in [3.8, 4) is 0 Å². The fraction of sp³-hybridized carbons (Fsp3) is 0.333. The van der Waals surface area contributed by atoms with Crippen LogP contribution in [-0.4, -0.2) is 29.3 Å². The second-order valence-electron chi connectivity index (χ2n) is 2.04. The number of H-pyrrole nitrogens is 1. The minimum atomic E-state index is -0.559. The molecule has 0 atom stereocenters. The highest BCUT2D eigenvalue weighted by molar-refractivity contribution is 14.1. The van der Waals surface area contributed by atoms with Crippen molar-refractivity contribution < 1.29 is 9.18 Å². The van der Waals surface area contributed by atoms with Crippen molar-refractivity contribution in [2.24, 2.45) is 0 Å². The molecule has 0 saturated carbocycles. The van der Waals surface area contributed by atoms with E-state index in [1.54, 1.807) is 0 Å². The lowest BCUT2D eigenvalue weighted by Crippen LogP contribution is -2.26. The number of carbonyl (C=O) groups excluding carboxylic acids is 1. The Bertz CT molecular complexity index is 276. The molecule has 12 heavy (non-hydrogen) atoms. The van der Waals surface area contributed by atoms with E-state index in [-0.39, 0.29) is 12.5 Å². The molecule has 0 radical (unpaired) electrons. The molecular formula is C6H7FIN3O. The van der Waals surface area contributed by atoms with Crippen molar-refractivity contribution in [2.75, 3.05) is 13.2 Å². The maximum atomic E-state index is 11.7. The van der Waals surface area contributed by atoms with Crippen LogP contribution in [0.2, 0.25) is 0 Å². The van der Waals surface area contributed by atoms with Crippen LogP contribution in [0.15, 0.2) is 6.20 Å². The van der Waals surface area contributed by atoms with Gasteiger partial charge in [-0.05, 0) is 22.6 Å². The van der Waals surface area contributed by atoms with Crippen molar-refractivity contribution in [1.82, 2.24) is 15.5 Å². The van der Waals surface area contributed by atoms with Gasteiger partial charge in [-0.25, -0.2) is 4.39 Å². The first-order valence-electron chi connectivity index (χ1n) is 3.28. The molecule has 4 nitrogen and oxygen atoms in total. The molecular weight excluding hydrogens is 276 g/mol. The lowest BCUT2D eigenvalue weighted by molar-refractivity contribution is 0.0945. The predicted molar refractivity (Wildman–Crippen MR) is 49.6 cm³/mol. The standard InChI is InChI=1S/C6H7FIN3O/c7-1-2-9-6(12)5-4(8)3-10-11-5/h3H,1-2H2,(H,9,12)(H,10,11). The second kappa shape index (κ2) is 4.39. The van der Waals surface area contributed by atoms with Gasteiger partial charge in [-0.15, -0.1) is 0 Å². The highest BCUT2D eigenvalue weighted by atomic mass is 127. The Hall–Kier alpha value is -0.660. The zero-order chi connectivity index (χ0) is 8.97. The summed E-state index contributed by atoms with van der Waals surface area (Å²) in [6, 6.07) is 0. The number of hydrogen-bond donors (Lipinski definition) is 2. The van der Waals surface area contributed by atoms with E-state index >= 15 is 0 Å². The summed E-state index contributed by atoms with van der Waals surface area (Å²) in [5.41, 5.74) is 0.379. The van der Waals surface area contributed by atoms with Gasteiger partial charge in [-0.3, -0.25) is 9.89 Å². The molecule has 1 amide bonds. The summed E-state index contributed by atoms with van der Waals surface area (Å²) in [6.45, 7) is -0.523. The van der Waals surface area contributed by atoms with E-state index in [2.05, 4.69) is 15.5 Å². The van der Waals surface area contributed by atoms with E-state index in [1.807, 2.05) is 22.6 Å². The number of amides is 1. The molecule has 6 heteroatoms. The molecule has 2 N–H and O–H groups in total. The predicted octanol–water partition coefficient (Wildman–Crippen LogP) is 0.714. The Balaban J connectivity index is 2.59. The lowest BCUT2D eigenvalue weighted by Gasteiger charge is -1.99. The van der Waals surface area contributed by atoms with Crippen molar-refractivity contribution in [1.29, 1.82) is 0 Å². The van der Waals surface area contributed by atoms with Gasteiger partial charge >= 0.3 is 0 Å². The third kappa shape index (κ3) is 2.16. The first-order valence-corrected chi connectivity index (χ1v) is 4.36. The van der Waals surface area contributed by atoms with Gasteiger partial charge in [-0.2, -0.15) is 5.10 Å². The minimum absolute atomic E-state index is 0.0356. The van der Waals surface area contributed by atoms with Gasteiger partial charge in [0.15, 0.2) is 0 Å². The van der Waals surface area contributed by atoms with E-state index in [4.69, 9.17) is 0 Å². The maximum Gasteiger partial charge on any atom is 0.270 e. The second-order valence-corrected chi connectivity index (χ2v) is 3.20. The number of halogens is 2. The average molecular weight is 283 g/mol. The molecule has 1 aromatic rings. The molecule has 66 valence electrons. The number of nitrogens with zero attached hydrogens (tertiary/aromatic N) is 1. The first-order chi connectivity index (χ1) is 5.75. The van der Waals surface area contributed by atoms with Crippen molar-refractivity contribution in [2.45, 2.75) is 0 Å².